The Morgan fingerprint density at radius 1 is 1.33 bits per heavy atom. The lowest BCUT2D eigenvalue weighted by Gasteiger charge is -2.26. The Bertz CT molecular complexity index is 402. The van der Waals surface area contributed by atoms with Crippen molar-refractivity contribution in [2.75, 3.05) is 13.1 Å². The third-order valence-electron chi connectivity index (χ3n) is 3.57. The van der Waals surface area contributed by atoms with Crippen molar-refractivity contribution in [3.8, 4) is 0 Å². The van der Waals surface area contributed by atoms with Crippen molar-refractivity contribution < 1.29 is 9.90 Å². The Balaban J connectivity index is 2.18. The first-order valence-electron chi connectivity index (χ1n) is 6.61. The quantitative estimate of drug-likeness (QED) is 0.887. The van der Waals surface area contributed by atoms with Crippen molar-refractivity contribution in [1.82, 2.24) is 4.90 Å². The SMILES string of the molecule is CC(C)C(C(=O)N1CC[C@@H](O)C1)c1ccccc1. The second-order valence-corrected chi connectivity index (χ2v) is 5.36. The van der Waals surface area contributed by atoms with Crippen LogP contribution < -0.4 is 0 Å². The van der Waals surface area contributed by atoms with Crippen molar-refractivity contribution in [2.24, 2.45) is 5.92 Å². The van der Waals surface area contributed by atoms with Crippen LogP contribution in [0.5, 0.6) is 0 Å². The zero-order valence-electron chi connectivity index (χ0n) is 11.0. The van der Waals surface area contributed by atoms with Gasteiger partial charge in [-0.05, 0) is 17.9 Å². The number of β-amino-alcohol motifs (C(OH)–C–C–N with tert-alkyl or cyclic N) is 1. The number of aliphatic hydroxyl groups is 1. The molecule has 3 heteroatoms. The fraction of sp³-hybridized carbons (Fsp3) is 0.533. The van der Waals surface area contributed by atoms with E-state index in [1.54, 1.807) is 4.90 Å². The molecule has 1 aliphatic heterocycles. The molecule has 1 N–H and O–H groups in total. The molecule has 0 spiro atoms. The lowest BCUT2D eigenvalue weighted by Crippen LogP contribution is -2.35. The maximum Gasteiger partial charge on any atom is 0.230 e. The fourth-order valence-corrected chi connectivity index (χ4v) is 2.61. The second kappa shape index (κ2) is 5.53. The molecule has 1 amide bonds. The Hall–Kier alpha value is -1.35. The number of rotatable bonds is 3. The highest BCUT2D eigenvalue weighted by Gasteiger charge is 2.32. The van der Waals surface area contributed by atoms with Crippen LogP contribution in [0.15, 0.2) is 30.3 Å². The third kappa shape index (κ3) is 2.72. The van der Waals surface area contributed by atoms with Gasteiger partial charge in [0.2, 0.25) is 5.91 Å². The van der Waals surface area contributed by atoms with E-state index in [-0.39, 0.29) is 23.8 Å². The van der Waals surface area contributed by atoms with Crippen molar-refractivity contribution >= 4 is 5.91 Å². The molecule has 98 valence electrons. The third-order valence-corrected chi connectivity index (χ3v) is 3.57. The molecule has 18 heavy (non-hydrogen) atoms. The van der Waals surface area contributed by atoms with E-state index in [0.29, 0.717) is 19.5 Å². The zero-order chi connectivity index (χ0) is 13.1. The first-order chi connectivity index (χ1) is 8.59. The molecule has 0 aliphatic carbocycles. The molecule has 1 aliphatic rings. The summed E-state index contributed by atoms with van der Waals surface area (Å²) in [6.45, 7) is 5.30. The summed E-state index contributed by atoms with van der Waals surface area (Å²) in [7, 11) is 0. The summed E-state index contributed by atoms with van der Waals surface area (Å²) in [5.41, 5.74) is 1.07. The molecule has 1 heterocycles. The summed E-state index contributed by atoms with van der Waals surface area (Å²) < 4.78 is 0. The van der Waals surface area contributed by atoms with E-state index >= 15 is 0 Å². The molecule has 1 aromatic carbocycles. The minimum Gasteiger partial charge on any atom is -0.391 e. The number of aliphatic hydroxyl groups excluding tert-OH is 1. The van der Waals surface area contributed by atoms with Gasteiger partial charge in [0.1, 0.15) is 0 Å². The molecular formula is C15H21NO2. The lowest BCUT2D eigenvalue weighted by atomic mass is 9.87. The molecule has 1 saturated heterocycles. The van der Waals surface area contributed by atoms with Crippen molar-refractivity contribution in [3.05, 3.63) is 35.9 Å². The Morgan fingerprint density at radius 3 is 2.50 bits per heavy atom. The van der Waals surface area contributed by atoms with Gasteiger partial charge in [-0.1, -0.05) is 44.2 Å². The molecule has 1 aromatic rings. The largest absolute Gasteiger partial charge is 0.391 e. The maximum atomic E-state index is 12.5. The van der Waals surface area contributed by atoms with Gasteiger partial charge >= 0.3 is 0 Å². The summed E-state index contributed by atoms with van der Waals surface area (Å²) in [5, 5.41) is 9.55. The van der Waals surface area contributed by atoms with Gasteiger partial charge in [0, 0.05) is 13.1 Å². The maximum absolute atomic E-state index is 12.5. The van der Waals surface area contributed by atoms with Crippen LogP contribution in [0.3, 0.4) is 0 Å². The minimum atomic E-state index is -0.350. The summed E-state index contributed by atoms with van der Waals surface area (Å²) in [4.78, 5) is 14.3. The van der Waals surface area contributed by atoms with E-state index in [0.717, 1.165) is 5.56 Å². The smallest absolute Gasteiger partial charge is 0.230 e. The van der Waals surface area contributed by atoms with E-state index in [4.69, 9.17) is 0 Å². The van der Waals surface area contributed by atoms with Gasteiger partial charge in [0.05, 0.1) is 12.0 Å². The Kier molecular flexibility index (Phi) is 4.02. The molecule has 0 aromatic heterocycles. The average Bonchev–Trinajstić information content (AvgIpc) is 2.77. The van der Waals surface area contributed by atoms with E-state index in [1.165, 1.54) is 0 Å². The number of nitrogens with zero attached hydrogens (tertiary/aromatic N) is 1. The van der Waals surface area contributed by atoms with Gasteiger partial charge in [-0.25, -0.2) is 0 Å². The molecule has 1 unspecified atom stereocenters. The number of carbonyl (C=O) groups is 1. The monoisotopic (exact) mass is 247 g/mol. The highest BCUT2D eigenvalue weighted by atomic mass is 16.3. The fourth-order valence-electron chi connectivity index (χ4n) is 2.61. The van der Waals surface area contributed by atoms with Gasteiger partial charge in [-0.3, -0.25) is 4.79 Å². The van der Waals surface area contributed by atoms with Gasteiger partial charge in [-0.2, -0.15) is 0 Å². The highest BCUT2D eigenvalue weighted by Crippen LogP contribution is 2.28. The number of benzene rings is 1. The van der Waals surface area contributed by atoms with Crippen LogP contribution in [-0.4, -0.2) is 35.1 Å². The second-order valence-electron chi connectivity index (χ2n) is 5.36. The molecule has 2 atom stereocenters. The minimum absolute atomic E-state index is 0.100. The summed E-state index contributed by atoms with van der Waals surface area (Å²) in [6, 6.07) is 9.92. The molecule has 1 fully saturated rings. The molecule has 0 saturated carbocycles. The lowest BCUT2D eigenvalue weighted by molar-refractivity contribution is -0.133. The first-order valence-corrected chi connectivity index (χ1v) is 6.61. The normalized spacial score (nSPS) is 21.3. The van der Waals surface area contributed by atoms with Crippen molar-refractivity contribution in [2.45, 2.75) is 32.3 Å². The number of carbonyl (C=O) groups excluding carboxylic acids is 1. The van der Waals surface area contributed by atoms with E-state index in [9.17, 15) is 9.90 Å². The Morgan fingerprint density at radius 2 is 2.00 bits per heavy atom. The molecule has 3 nitrogen and oxygen atoms in total. The van der Waals surface area contributed by atoms with E-state index in [2.05, 4.69) is 13.8 Å². The standard InChI is InChI=1S/C15H21NO2/c1-11(2)14(12-6-4-3-5-7-12)15(18)16-9-8-13(17)10-16/h3-7,11,13-14,17H,8-10H2,1-2H3/t13-,14?/m1/s1. The van der Waals surface area contributed by atoms with Crippen molar-refractivity contribution in [3.63, 3.8) is 0 Å². The average molecular weight is 247 g/mol. The van der Waals surface area contributed by atoms with Crippen LogP contribution in [0.25, 0.3) is 0 Å². The van der Waals surface area contributed by atoms with E-state index in [1.807, 2.05) is 30.3 Å². The van der Waals surface area contributed by atoms with Crippen LogP contribution in [0.2, 0.25) is 0 Å². The molecule has 2 rings (SSSR count). The number of hydrogen-bond acceptors (Lipinski definition) is 2. The topological polar surface area (TPSA) is 40.5 Å². The predicted molar refractivity (Wildman–Crippen MR) is 71.2 cm³/mol. The summed E-state index contributed by atoms with van der Waals surface area (Å²) in [5.74, 6) is 0.307. The van der Waals surface area contributed by atoms with Gasteiger partial charge in [0.25, 0.3) is 0 Å². The summed E-state index contributed by atoms with van der Waals surface area (Å²) >= 11 is 0. The Labute approximate surface area is 108 Å². The van der Waals surface area contributed by atoms with Crippen LogP contribution in [0, 0.1) is 5.92 Å². The molecular weight excluding hydrogens is 226 g/mol. The van der Waals surface area contributed by atoms with Crippen LogP contribution in [0.1, 0.15) is 31.7 Å². The molecule has 0 radical (unpaired) electrons. The predicted octanol–water partition coefficient (Wildman–Crippen LogP) is 2.02. The van der Waals surface area contributed by atoms with Crippen LogP contribution >= 0.6 is 0 Å². The summed E-state index contributed by atoms with van der Waals surface area (Å²) in [6.07, 6.45) is 0.350. The number of amides is 1. The van der Waals surface area contributed by atoms with Crippen LogP contribution in [-0.2, 0) is 4.79 Å². The number of hydrogen-bond donors (Lipinski definition) is 1. The number of likely N-dealkylation sites (tertiary alicyclic amines) is 1. The molecule has 0 bridgehead atoms. The van der Waals surface area contributed by atoms with Gasteiger partial charge < -0.3 is 10.0 Å². The zero-order valence-corrected chi connectivity index (χ0v) is 11.0. The van der Waals surface area contributed by atoms with Gasteiger partial charge in [0.15, 0.2) is 0 Å². The first kappa shape index (κ1) is 13.1. The van der Waals surface area contributed by atoms with Crippen molar-refractivity contribution in [1.29, 1.82) is 0 Å². The van der Waals surface area contributed by atoms with E-state index < -0.39 is 0 Å². The van der Waals surface area contributed by atoms with Crippen LogP contribution in [0.4, 0.5) is 0 Å². The highest BCUT2D eigenvalue weighted by molar-refractivity contribution is 5.84. The van der Waals surface area contributed by atoms with Gasteiger partial charge in [-0.15, -0.1) is 0 Å².